The van der Waals surface area contributed by atoms with Crippen molar-refractivity contribution < 1.29 is 9.21 Å². The summed E-state index contributed by atoms with van der Waals surface area (Å²) in [5.74, 6) is 1.49. The predicted octanol–water partition coefficient (Wildman–Crippen LogP) is 8.23. The van der Waals surface area contributed by atoms with E-state index < -0.39 is 0 Å². The largest absolute Gasteiger partial charge is 0.455 e. The zero-order chi connectivity index (χ0) is 22.8. The molecule has 2 aromatic heterocycles. The first kappa shape index (κ1) is 23.1. The van der Waals surface area contributed by atoms with Crippen LogP contribution >= 0.6 is 43.2 Å². The van der Waals surface area contributed by atoms with Gasteiger partial charge in [0.2, 0.25) is 0 Å². The lowest BCUT2D eigenvalue weighted by Crippen LogP contribution is -2.36. The maximum atomic E-state index is 13.3. The number of halogens is 2. The second kappa shape index (κ2) is 10.3. The molecule has 2 heterocycles. The topological polar surface area (TPSA) is 54.6 Å². The van der Waals surface area contributed by atoms with Gasteiger partial charge in [-0.2, -0.15) is 0 Å². The van der Waals surface area contributed by atoms with E-state index in [-0.39, 0.29) is 5.91 Å². The Morgan fingerprint density at radius 1 is 1.06 bits per heavy atom. The number of amides is 1. The molecule has 3 aromatic rings. The van der Waals surface area contributed by atoms with Gasteiger partial charge in [-0.25, -0.2) is 4.99 Å². The summed E-state index contributed by atoms with van der Waals surface area (Å²) >= 11 is 8.78. The molecule has 5 rings (SSSR count). The molecule has 0 saturated heterocycles. The van der Waals surface area contributed by atoms with E-state index in [2.05, 4.69) is 37.2 Å². The fraction of sp³-hybridized carbons (Fsp3) is 0.385. The van der Waals surface area contributed by atoms with E-state index in [1.807, 2.05) is 30.3 Å². The normalized spacial score (nSPS) is 16.8. The first-order chi connectivity index (χ1) is 16.1. The SMILES string of the molecule is O=C(NC1CCCCC1)c1c(N=Cc2ccc(-c3cc(Br)ccc3Br)o2)sc2c1CCCC2. The standard InChI is InChI=1S/C26H26Br2N2O2S/c27-16-10-12-21(28)20(14-16)22-13-11-18(32-22)15-29-26-24(19-8-4-5-9-23(19)33-26)25(31)30-17-6-2-1-3-7-17/h10-15,17H,1-9H2,(H,30,31). The summed E-state index contributed by atoms with van der Waals surface area (Å²) in [5, 5.41) is 4.11. The fourth-order valence-electron chi connectivity index (χ4n) is 4.76. The van der Waals surface area contributed by atoms with Crippen molar-refractivity contribution in [1.82, 2.24) is 5.32 Å². The summed E-state index contributed by atoms with van der Waals surface area (Å²) in [6, 6.07) is 10.1. The van der Waals surface area contributed by atoms with Crippen molar-refractivity contribution in [1.29, 1.82) is 0 Å². The van der Waals surface area contributed by atoms with E-state index in [0.29, 0.717) is 11.8 Å². The molecule has 7 heteroatoms. The van der Waals surface area contributed by atoms with Crippen molar-refractivity contribution in [3.8, 4) is 11.3 Å². The Kier molecular flexibility index (Phi) is 7.18. The van der Waals surface area contributed by atoms with Gasteiger partial charge in [-0.3, -0.25) is 4.79 Å². The summed E-state index contributed by atoms with van der Waals surface area (Å²) < 4.78 is 8.01. The molecule has 172 valence electrons. The number of nitrogens with zero attached hydrogens (tertiary/aromatic N) is 1. The maximum Gasteiger partial charge on any atom is 0.254 e. The van der Waals surface area contributed by atoms with Crippen molar-refractivity contribution in [3.63, 3.8) is 0 Å². The number of carbonyl (C=O) groups is 1. The smallest absolute Gasteiger partial charge is 0.254 e. The Morgan fingerprint density at radius 2 is 1.88 bits per heavy atom. The van der Waals surface area contributed by atoms with Gasteiger partial charge >= 0.3 is 0 Å². The van der Waals surface area contributed by atoms with Crippen molar-refractivity contribution >= 4 is 60.3 Å². The van der Waals surface area contributed by atoms with E-state index in [1.165, 1.54) is 36.1 Å². The van der Waals surface area contributed by atoms with Crippen LogP contribution in [0.5, 0.6) is 0 Å². The Balaban J connectivity index is 1.41. The summed E-state index contributed by atoms with van der Waals surface area (Å²) in [4.78, 5) is 19.4. The summed E-state index contributed by atoms with van der Waals surface area (Å²) in [5.41, 5.74) is 2.98. The summed E-state index contributed by atoms with van der Waals surface area (Å²) in [7, 11) is 0. The Hall–Kier alpha value is -1.70. The molecule has 1 fully saturated rings. The minimum atomic E-state index is 0.0478. The van der Waals surface area contributed by atoms with Crippen LogP contribution in [0.2, 0.25) is 0 Å². The lowest BCUT2D eigenvalue weighted by Gasteiger charge is -2.23. The number of benzene rings is 1. The molecule has 0 unspecified atom stereocenters. The average molecular weight is 590 g/mol. The van der Waals surface area contributed by atoms with Crippen LogP contribution in [0.15, 0.2) is 48.7 Å². The number of aliphatic imine (C=N–C) groups is 1. The lowest BCUT2D eigenvalue weighted by atomic mass is 9.93. The minimum absolute atomic E-state index is 0.0478. The molecule has 1 amide bonds. The van der Waals surface area contributed by atoms with E-state index in [9.17, 15) is 4.79 Å². The molecule has 0 radical (unpaired) electrons. The molecule has 4 nitrogen and oxygen atoms in total. The molecule has 0 bridgehead atoms. The second-order valence-electron chi connectivity index (χ2n) is 8.78. The van der Waals surface area contributed by atoms with Crippen molar-refractivity contribution in [2.45, 2.75) is 63.8 Å². The Bertz CT molecular complexity index is 1190. The van der Waals surface area contributed by atoms with Gasteiger partial charge in [0, 0.05) is 25.4 Å². The molecule has 1 saturated carbocycles. The molecule has 1 N–H and O–H groups in total. The van der Waals surface area contributed by atoms with E-state index in [0.717, 1.165) is 62.9 Å². The molecule has 2 aliphatic carbocycles. The number of nitrogens with one attached hydrogen (secondary N) is 1. The zero-order valence-electron chi connectivity index (χ0n) is 18.3. The third kappa shape index (κ3) is 5.20. The van der Waals surface area contributed by atoms with Crippen LogP contribution in [-0.4, -0.2) is 18.2 Å². The van der Waals surface area contributed by atoms with Crippen molar-refractivity contribution in [2.24, 2.45) is 4.99 Å². The van der Waals surface area contributed by atoms with Crippen LogP contribution in [0, 0.1) is 0 Å². The number of hydrogen-bond donors (Lipinski definition) is 1. The van der Waals surface area contributed by atoms with Crippen molar-refractivity contribution in [3.05, 3.63) is 61.0 Å². The highest BCUT2D eigenvalue weighted by molar-refractivity contribution is 9.11. The van der Waals surface area contributed by atoms with E-state index in [4.69, 9.17) is 9.41 Å². The highest BCUT2D eigenvalue weighted by Gasteiger charge is 2.27. The molecular formula is C26H26Br2N2O2S. The average Bonchev–Trinajstić information content (AvgIpc) is 3.44. The van der Waals surface area contributed by atoms with Crippen LogP contribution in [0.4, 0.5) is 5.00 Å². The Labute approximate surface area is 215 Å². The molecule has 0 spiro atoms. The summed E-state index contributed by atoms with van der Waals surface area (Å²) in [6.45, 7) is 0. The first-order valence-electron chi connectivity index (χ1n) is 11.6. The number of carbonyl (C=O) groups excluding carboxylic acids is 1. The fourth-order valence-corrected chi connectivity index (χ4v) is 6.79. The van der Waals surface area contributed by atoms with E-state index in [1.54, 1.807) is 17.6 Å². The first-order valence-corrected chi connectivity index (χ1v) is 14.0. The zero-order valence-corrected chi connectivity index (χ0v) is 22.3. The number of fused-ring (bicyclic) bond motifs is 1. The molecular weight excluding hydrogens is 564 g/mol. The number of furan rings is 1. The molecule has 33 heavy (non-hydrogen) atoms. The highest BCUT2D eigenvalue weighted by atomic mass is 79.9. The second-order valence-corrected chi connectivity index (χ2v) is 11.6. The number of rotatable bonds is 5. The maximum absolute atomic E-state index is 13.3. The number of hydrogen-bond acceptors (Lipinski definition) is 4. The molecule has 1 aromatic carbocycles. The van der Waals surface area contributed by atoms with Crippen LogP contribution < -0.4 is 5.32 Å². The molecule has 2 aliphatic rings. The van der Waals surface area contributed by atoms with Crippen molar-refractivity contribution in [2.75, 3.05) is 0 Å². The Morgan fingerprint density at radius 3 is 2.73 bits per heavy atom. The summed E-state index contributed by atoms with van der Waals surface area (Å²) in [6.07, 6.45) is 11.9. The van der Waals surface area contributed by atoms with Gasteiger partial charge in [0.1, 0.15) is 16.5 Å². The number of aryl methyl sites for hydroxylation is 1. The monoisotopic (exact) mass is 588 g/mol. The number of thiophene rings is 1. The van der Waals surface area contributed by atoms with Crippen LogP contribution in [-0.2, 0) is 12.8 Å². The highest BCUT2D eigenvalue weighted by Crippen LogP contribution is 2.40. The van der Waals surface area contributed by atoms with Gasteiger partial charge < -0.3 is 9.73 Å². The lowest BCUT2D eigenvalue weighted by molar-refractivity contribution is 0.0927. The molecule has 0 aliphatic heterocycles. The predicted molar refractivity (Wildman–Crippen MR) is 142 cm³/mol. The van der Waals surface area contributed by atoms with Gasteiger partial charge in [-0.15, -0.1) is 11.3 Å². The quantitative estimate of drug-likeness (QED) is 0.305. The van der Waals surface area contributed by atoms with Crippen LogP contribution in [0.1, 0.15) is 71.5 Å². The van der Waals surface area contributed by atoms with Gasteiger partial charge in [-0.1, -0.05) is 51.1 Å². The van der Waals surface area contributed by atoms with Gasteiger partial charge in [0.15, 0.2) is 0 Å². The third-order valence-corrected chi connectivity index (χ3v) is 8.83. The minimum Gasteiger partial charge on any atom is -0.455 e. The van der Waals surface area contributed by atoms with E-state index >= 15 is 0 Å². The third-order valence-electron chi connectivity index (χ3n) is 6.45. The molecule has 0 atom stereocenters. The van der Waals surface area contributed by atoms with Crippen LogP contribution in [0.3, 0.4) is 0 Å². The van der Waals surface area contributed by atoms with Gasteiger partial charge in [0.25, 0.3) is 5.91 Å². The van der Waals surface area contributed by atoms with Gasteiger partial charge in [0.05, 0.1) is 11.8 Å². The van der Waals surface area contributed by atoms with Gasteiger partial charge in [-0.05, 0) is 74.4 Å². The van der Waals surface area contributed by atoms with Crippen LogP contribution in [0.25, 0.3) is 11.3 Å².